The Labute approximate surface area is 98.9 Å². The second kappa shape index (κ2) is 11.3. The van der Waals surface area contributed by atoms with Gasteiger partial charge in [0.15, 0.2) is 0 Å². The van der Waals surface area contributed by atoms with Crippen molar-refractivity contribution in [1.82, 2.24) is 0 Å². The fourth-order valence-electron chi connectivity index (χ4n) is 1.03. The normalized spacial score (nSPS) is 18.0. The van der Waals surface area contributed by atoms with E-state index < -0.39 is 12.2 Å². The van der Waals surface area contributed by atoms with Crippen LogP contribution >= 0.6 is 0 Å². The van der Waals surface area contributed by atoms with Gasteiger partial charge >= 0.3 is 0 Å². The molecule has 4 N–H and O–H groups in total. The summed E-state index contributed by atoms with van der Waals surface area (Å²) in [7, 11) is 0. The predicted molar refractivity (Wildman–Crippen MR) is 65.2 cm³/mol. The highest BCUT2D eigenvalue weighted by atomic mass is 16.3. The summed E-state index contributed by atoms with van der Waals surface area (Å²) in [5.74, 6) is 0. The van der Waals surface area contributed by atoms with E-state index in [1.54, 1.807) is 13.8 Å². The lowest BCUT2D eigenvalue weighted by molar-refractivity contribution is 0.0157. The molecule has 4 heteroatoms. The second-order valence-corrected chi connectivity index (χ2v) is 4.23. The minimum absolute atomic E-state index is 0.274. The first kappa shape index (κ1) is 18.2. The third-order valence-electron chi connectivity index (χ3n) is 2.28. The molecule has 0 aromatic heterocycles. The lowest BCUT2D eigenvalue weighted by atomic mass is 10.1. The van der Waals surface area contributed by atoms with Crippen molar-refractivity contribution in [3.63, 3.8) is 0 Å². The molecular weight excluding hydrogens is 208 g/mol. The Hall–Kier alpha value is -0.160. The summed E-state index contributed by atoms with van der Waals surface area (Å²) in [4.78, 5) is 0. The van der Waals surface area contributed by atoms with Crippen molar-refractivity contribution in [2.45, 2.75) is 77.8 Å². The molecule has 0 spiro atoms. The summed E-state index contributed by atoms with van der Waals surface area (Å²) >= 11 is 0. The molecule has 0 amide bonds. The van der Waals surface area contributed by atoms with E-state index in [-0.39, 0.29) is 12.2 Å². The van der Waals surface area contributed by atoms with Crippen LogP contribution in [0, 0.1) is 0 Å². The molecule has 0 aromatic rings. The largest absolute Gasteiger partial charge is 0.393 e. The van der Waals surface area contributed by atoms with Gasteiger partial charge in [0.1, 0.15) is 0 Å². The van der Waals surface area contributed by atoms with Gasteiger partial charge in [-0.1, -0.05) is 13.8 Å². The van der Waals surface area contributed by atoms with Crippen LogP contribution in [0.4, 0.5) is 0 Å². The third kappa shape index (κ3) is 13.8. The van der Waals surface area contributed by atoms with Crippen LogP contribution in [0.25, 0.3) is 0 Å². The van der Waals surface area contributed by atoms with Gasteiger partial charge in [0.25, 0.3) is 0 Å². The monoisotopic (exact) mass is 236 g/mol. The molecule has 16 heavy (non-hydrogen) atoms. The molecule has 4 unspecified atom stereocenters. The summed E-state index contributed by atoms with van der Waals surface area (Å²) in [5.41, 5.74) is 0. The smallest absolute Gasteiger partial charge is 0.0796 e. The standard InChI is InChI=1S/2C6H14O2/c1-5(7)3-4-6(2)8;1-3-5(7)6(8)4-2/h2*5-8H,3-4H2,1-2H3. The minimum atomic E-state index is -0.528. The molecule has 100 valence electrons. The maximum atomic E-state index is 8.88. The lowest BCUT2D eigenvalue weighted by Crippen LogP contribution is -2.23. The highest BCUT2D eigenvalue weighted by molar-refractivity contribution is 4.61. The van der Waals surface area contributed by atoms with Crippen molar-refractivity contribution in [3.8, 4) is 0 Å². The summed E-state index contributed by atoms with van der Waals surface area (Å²) in [6.07, 6.45) is 1.05. The Kier molecular flexibility index (Phi) is 12.9. The van der Waals surface area contributed by atoms with Crippen LogP contribution in [0.15, 0.2) is 0 Å². The first-order chi connectivity index (χ1) is 7.34. The molecule has 0 aliphatic rings. The topological polar surface area (TPSA) is 80.9 Å². The fourth-order valence-corrected chi connectivity index (χ4v) is 1.03. The third-order valence-corrected chi connectivity index (χ3v) is 2.28. The van der Waals surface area contributed by atoms with Gasteiger partial charge in [0, 0.05) is 0 Å². The Morgan fingerprint density at radius 3 is 1.06 bits per heavy atom. The van der Waals surface area contributed by atoms with Gasteiger partial charge in [0.2, 0.25) is 0 Å². The summed E-state index contributed by atoms with van der Waals surface area (Å²) in [5, 5.41) is 35.1. The molecule has 0 saturated heterocycles. The molecule has 0 saturated carbocycles. The quantitative estimate of drug-likeness (QED) is 0.556. The average Bonchev–Trinajstić information content (AvgIpc) is 2.25. The number of rotatable bonds is 6. The molecule has 0 radical (unpaired) electrons. The van der Waals surface area contributed by atoms with Crippen LogP contribution in [-0.2, 0) is 0 Å². The van der Waals surface area contributed by atoms with Crippen molar-refractivity contribution >= 4 is 0 Å². The maximum absolute atomic E-state index is 8.88. The number of hydrogen-bond acceptors (Lipinski definition) is 4. The van der Waals surface area contributed by atoms with E-state index in [1.807, 2.05) is 13.8 Å². The van der Waals surface area contributed by atoms with Gasteiger partial charge in [0.05, 0.1) is 24.4 Å². The molecule has 4 nitrogen and oxygen atoms in total. The minimum Gasteiger partial charge on any atom is -0.393 e. The van der Waals surface area contributed by atoms with Crippen LogP contribution in [0.3, 0.4) is 0 Å². The van der Waals surface area contributed by atoms with E-state index in [1.165, 1.54) is 0 Å². The van der Waals surface area contributed by atoms with Crippen molar-refractivity contribution in [2.75, 3.05) is 0 Å². The van der Waals surface area contributed by atoms with Gasteiger partial charge in [-0.15, -0.1) is 0 Å². The average molecular weight is 236 g/mol. The van der Waals surface area contributed by atoms with Crippen molar-refractivity contribution in [1.29, 1.82) is 0 Å². The van der Waals surface area contributed by atoms with Gasteiger partial charge in [-0.05, 0) is 39.5 Å². The first-order valence-electron chi connectivity index (χ1n) is 6.07. The predicted octanol–water partition coefficient (Wildman–Crippen LogP) is 1.06. The Morgan fingerprint density at radius 2 is 0.938 bits per heavy atom. The number of aliphatic hydroxyl groups excluding tert-OH is 4. The van der Waals surface area contributed by atoms with Crippen LogP contribution in [0.1, 0.15) is 53.4 Å². The summed E-state index contributed by atoms with van der Waals surface area (Å²) in [6, 6.07) is 0. The number of hydrogen-bond donors (Lipinski definition) is 4. The molecule has 0 aliphatic carbocycles. The zero-order valence-corrected chi connectivity index (χ0v) is 10.9. The molecule has 4 atom stereocenters. The Balaban J connectivity index is 0. The van der Waals surface area contributed by atoms with E-state index in [0.29, 0.717) is 25.7 Å². The molecule has 0 rings (SSSR count). The fraction of sp³-hybridized carbons (Fsp3) is 1.00. The molecule has 0 aromatic carbocycles. The summed E-state index contributed by atoms with van der Waals surface area (Å²) in [6.45, 7) is 7.15. The van der Waals surface area contributed by atoms with Crippen molar-refractivity contribution in [2.24, 2.45) is 0 Å². The van der Waals surface area contributed by atoms with Crippen LogP contribution in [0.5, 0.6) is 0 Å². The molecule has 0 heterocycles. The number of aliphatic hydroxyl groups is 4. The van der Waals surface area contributed by atoms with Gasteiger partial charge in [-0.3, -0.25) is 0 Å². The highest BCUT2D eigenvalue weighted by Crippen LogP contribution is 2.00. The molecule has 0 aliphatic heterocycles. The maximum Gasteiger partial charge on any atom is 0.0796 e. The lowest BCUT2D eigenvalue weighted by Gasteiger charge is -2.12. The molecule has 0 bridgehead atoms. The Morgan fingerprint density at radius 1 is 0.688 bits per heavy atom. The first-order valence-corrected chi connectivity index (χ1v) is 6.07. The second-order valence-electron chi connectivity index (χ2n) is 4.23. The summed E-state index contributed by atoms with van der Waals surface area (Å²) < 4.78 is 0. The van der Waals surface area contributed by atoms with E-state index in [0.717, 1.165) is 0 Å². The van der Waals surface area contributed by atoms with Crippen molar-refractivity contribution in [3.05, 3.63) is 0 Å². The van der Waals surface area contributed by atoms with E-state index >= 15 is 0 Å². The molecule has 0 fully saturated rings. The van der Waals surface area contributed by atoms with Gasteiger partial charge in [-0.25, -0.2) is 0 Å². The highest BCUT2D eigenvalue weighted by Gasteiger charge is 2.09. The van der Waals surface area contributed by atoms with E-state index in [9.17, 15) is 0 Å². The van der Waals surface area contributed by atoms with Crippen LogP contribution < -0.4 is 0 Å². The van der Waals surface area contributed by atoms with Gasteiger partial charge in [-0.2, -0.15) is 0 Å². The van der Waals surface area contributed by atoms with Crippen LogP contribution in [-0.4, -0.2) is 44.8 Å². The van der Waals surface area contributed by atoms with E-state index in [2.05, 4.69) is 0 Å². The van der Waals surface area contributed by atoms with Crippen LogP contribution in [0.2, 0.25) is 0 Å². The molecular formula is C12H28O4. The zero-order chi connectivity index (χ0) is 13.1. The zero-order valence-electron chi connectivity index (χ0n) is 10.9. The van der Waals surface area contributed by atoms with E-state index in [4.69, 9.17) is 20.4 Å². The van der Waals surface area contributed by atoms with Gasteiger partial charge < -0.3 is 20.4 Å². The SMILES string of the molecule is CC(O)CCC(C)O.CCC(O)C(O)CC. The Bertz CT molecular complexity index is 121. The van der Waals surface area contributed by atoms with Crippen molar-refractivity contribution < 1.29 is 20.4 Å².